The van der Waals surface area contributed by atoms with Crippen LogP contribution in [0.3, 0.4) is 0 Å². The van der Waals surface area contributed by atoms with Crippen molar-refractivity contribution in [3.8, 4) is 5.69 Å². The molecule has 1 aliphatic heterocycles. The van der Waals surface area contributed by atoms with E-state index in [-0.39, 0.29) is 23.1 Å². The molecule has 3 heterocycles. The Kier molecular flexibility index (Phi) is 5.88. The van der Waals surface area contributed by atoms with Crippen LogP contribution in [0.25, 0.3) is 5.69 Å². The third kappa shape index (κ3) is 4.31. The topological polar surface area (TPSA) is 136 Å². The number of benzene rings is 1. The number of amides is 1. The smallest absolute Gasteiger partial charge is 0.294 e. The highest BCUT2D eigenvalue weighted by molar-refractivity contribution is 5.92. The summed E-state index contributed by atoms with van der Waals surface area (Å²) in [6.45, 7) is 2.87. The Bertz CT molecular complexity index is 1210. The van der Waals surface area contributed by atoms with E-state index in [0.29, 0.717) is 18.2 Å². The van der Waals surface area contributed by atoms with Gasteiger partial charge in [0.25, 0.3) is 11.6 Å². The van der Waals surface area contributed by atoms with Crippen molar-refractivity contribution in [2.75, 3.05) is 18.0 Å². The van der Waals surface area contributed by atoms with E-state index in [1.165, 1.54) is 22.9 Å². The zero-order valence-electron chi connectivity index (χ0n) is 17.3. The molecule has 1 aromatic carbocycles. The average Bonchev–Trinajstić information content (AvgIpc) is 2.80. The molecule has 1 amide bonds. The summed E-state index contributed by atoms with van der Waals surface area (Å²) in [7, 11) is 0. The van der Waals surface area contributed by atoms with Crippen molar-refractivity contribution >= 4 is 17.5 Å². The summed E-state index contributed by atoms with van der Waals surface area (Å²) in [5.74, 6) is -0.0400. The number of carbonyl (C=O) groups excluding carboxylic acids is 1. The molecule has 164 valence electrons. The van der Waals surface area contributed by atoms with Crippen LogP contribution in [0.4, 0.5) is 11.6 Å². The van der Waals surface area contributed by atoms with Gasteiger partial charge < -0.3 is 10.2 Å². The molecule has 1 aliphatic rings. The molecule has 4 rings (SSSR count). The predicted molar refractivity (Wildman–Crippen MR) is 116 cm³/mol. The highest BCUT2D eigenvalue weighted by atomic mass is 16.6. The molecule has 1 N–H and O–H groups in total. The molecule has 11 nitrogen and oxygen atoms in total. The van der Waals surface area contributed by atoms with Crippen molar-refractivity contribution in [1.82, 2.24) is 25.1 Å². The van der Waals surface area contributed by atoms with Crippen LogP contribution in [0, 0.1) is 17.0 Å². The van der Waals surface area contributed by atoms with Crippen LogP contribution in [-0.4, -0.2) is 49.7 Å². The second-order valence-corrected chi connectivity index (χ2v) is 7.46. The lowest BCUT2D eigenvalue weighted by atomic mass is 10.1. The number of hydrogen-bond acceptors (Lipinski definition) is 8. The number of nitrogens with one attached hydrogen (secondary N) is 1. The van der Waals surface area contributed by atoms with E-state index in [2.05, 4.69) is 20.4 Å². The van der Waals surface area contributed by atoms with Crippen molar-refractivity contribution < 1.29 is 9.72 Å². The van der Waals surface area contributed by atoms with E-state index >= 15 is 0 Å². The van der Waals surface area contributed by atoms with E-state index in [4.69, 9.17) is 0 Å². The van der Waals surface area contributed by atoms with E-state index in [0.717, 1.165) is 19.4 Å². The van der Waals surface area contributed by atoms with Gasteiger partial charge >= 0.3 is 0 Å². The molecule has 0 aliphatic carbocycles. The van der Waals surface area contributed by atoms with Gasteiger partial charge in [0.15, 0.2) is 5.69 Å². The molecule has 1 unspecified atom stereocenters. The van der Waals surface area contributed by atoms with Gasteiger partial charge in [-0.3, -0.25) is 19.7 Å². The Morgan fingerprint density at radius 3 is 2.72 bits per heavy atom. The Morgan fingerprint density at radius 1 is 1.22 bits per heavy atom. The molecule has 32 heavy (non-hydrogen) atoms. The number of aromatic nitrogens is 4. The summed E-state index contributed by atoms with van der Waals surface area (Å²) in [6.07, 6.45) is 4.88. The third-order valence-corrected chi connectivity index (χ3v) is 5.22. The number of piperidine rings is 1. The van der Waals surface area contributed by atoms with Gasteiger partial charge in [0.1, 0.15) is 5.69 Å². The van der Waals surface area contributed by atoms with Crippen molar-refractivity contribution in [2.45, 2.75) is 25.8 Å². The van der Waals surface area contributed by atoms with E-state index in [9.17, 15) is 19.7 Å². The molecule has 0 radical (unpaired) electrons. The first-order chi connectivity index (χ1) is 15.4. The van der Waals surface area contributed by atoms with Gasteiger partial charge in [-0.05, 0) is 31.9 Å². The van der Waals surface area contributed by atoms with Gasteiger partial charge in [-0.2, -0.15) is 5.10 Å². The van der Waals surface area contributed by atoms with Crippen LogP contribution in [0.2, 0.25) is 0 Å². The molecule has 0 saturated carbocycles. The van der Waals surface area contributed by atoms with Gasteiger partial charge in [-0.1, -0.05) is 12.1 Å². The maximum atomic E-state index is 12.9. The summed E-state index contributed by atoms with van der Waals surface area (Å²) < 4.78 is 1.25. The normalized spacial score (nSPS) is 15.9. The van der Waals surface area contributed by atoms with E-state index < -0.39 is 16.3 Å². The molecule has 1 atom stereocenters. The van der Waals surface area contributed by atoms with Crippen LogP contribution in [0.1, 0.15) is 29.0 Å². The quantitative estimate of drug-likeness (QED) is 0.472. The van der Waals surface area contributed by atoms with Crippen molar-refractivity contribution in [3.63, 3.8) is 0 Å². The van der Waals surface area contributed by atoms with Crippen LogP contribution in [-0.2, 0) is 0 Å². The summed E-state index contributed by atoms with van der Waals surface area (Å²) >= 11 is 0. The Balaban J connectivity index is 1.59. The first-order valence-electron chi connectivity index (χ1n) is 10.1. The van der Waals surface area contributed by atoms with Crippen LogP contribution in [0.15, 0.2) is 53.6 Å². The third-order valence-electron chi connectivity index (χ3n) is 5.22. The van der Waals surface area contributed by atoms with Gasteiger partial charge in [0.2, 0.25) is 11.4 Å². The average molecular weight is 435 g/mol. The lowest BCUT2D eigenvalue weighted by Crippen LogP contribution is -2.49. The molecule has 1 fully saturated rings. The zero-order chi connectivity index (χ0) is 22.7. The molecule has 0 spiro atoms. The molecule has 11 heteroatoms. The first kappa shape index (κ1) is 21.1. The fourth-order valence-electron chi connectivity index (χ4n) is 3.73. The number of aryl methyl sites for hydroxylation is 1. The largest absolute Gasteiger partial charge is 0.346 e. The van der Waals surface area contributed by atoms with Crippen molar-refractivity contribution in [1.29, 1.82) is 0 Å². The number of anilines is 1. The predicted octanol–water partition coefficient (Wildman–Crippen LogP) is 1.64. The monoisotopic (exact) mass is 435 g/mol. The number of carbonyl (C=O) groups is 1. The van der Waals surface area contributed by atoms with Gasteiger partial charge in [0, 0.05) is 49.4 Å². The number of nitrogens with zero attached hydrogens (tertiary/aromatic N) is 6. The molecule has 2 aromatic heterocycles. The second kappa shape index (κ2) is 8.92. The summed E-state index contributed by atoms with van der Waals surface area (Å²) in [5.41, 5.74) is -0.486. The number of hydrogen-bond donors (Lipinski definition) is 1. The van der Waals surface area contributed by atoms with Crippen LogP contribution >= 0.6 is 0 Å². The number of para-hydroxylation sites is 2. The number of nitro groups is 1. The van der Waals surface area contributed by atoms with Crippen molar-refractivity contribution in [2.24, 2.45) is 0 Å². The zero-order valence-corrected chi connectivity index (χ0v) is 17.3. The fraction of sp³-hybridized carbons (Fsp3) is 0.286. The standard InChI is InChI=1S/C21H21N7O4/c1-14-12-18(29)19(25-27(14)16-7-2-3-8-17(16)28(31)32)20(30)24-15-6-4-11-26(13-15)21-22-9-5-10-23-21/h2-3,5,7-10,12,15H,4,6,11,13H2,1H3,(H,24,30). The minimum Gasteiger partial charge on any atom is -0.346 e. The Hall–Kier alpha value is -4.15. The molecule has 1 saturated heterocycles. The molecular formula is C21H21N7O4. The molecule has 3 aromatic rings. The SMILES string of the molecule is Cc1cc(=O)c(C(=O)NC2CCCN(c3ncccn3)C2)nn1-c1ccccc1[N+](=O)[O-]. The lowest BCUT2D eigenvalue weighted by molar-refractivity contribution is -0.384. The minimum absolute atomic E-state index is 0.175. The van der Waals surface area contributed by atoms with Gasteiger partial charge in [-0.15, -0.1) is 0 Å². The maximum absolute atomic E-state index is 12.9. The summed E-state index contributed by atoms with van der Waals surface area (Å²) in [6, 6.07) is 8.80. The fourth-order valence-corrected chi connectivity index (χ4v) is 3.73. The van der Waals surface area contributed by atoms with E-state index in [1.54, 1.807) is 37.5 Å². The maximum Gasteiger partial charge on any atom is 0.294 e. The van der Waals surface area contributed by atoms with Gasteiger partial charge in [0.05, 0.1) is 4.92 Å². The number of rotatable bonds is 5. The summed E-state index contributed by atoms with van der Waals surface area (Å²) in [4.78, 5) is 46.8. The molecule has 0 bridgehead atoms. The Morgan fingerprint density at radius 2 is 1.97 bits per heavy atom. The van der Waals surface area contributed by atoms with Gasteiger partial charge in [-0.25, -0.2) is 14.6 Å². The van der Waals surface area contributed by atoms with E-state index in [1.807, 2.05) is 4.90 Å². The number of nitro benzene ring substituents is 1. The highest BCUT2D eigenvalue weighted by Gasteiger charge is 2.26. The second-order valence-electron chi connectivity index (χ2n) is 7.46. The Labute approximate surface area is 182 Å². The highest BCUT2D eigenvalue weighted by Crippen LogP contribution is 2.22. The summed E-state index contributed by atoms with van der Waals surface area (Å²) in [5, 5.41) is 18.5. The van der Waals surface area contributed by atoms with Crippen LogP contribution in [0.5, 0.6) is 0 Å². The lowest BCUT2D eigenvalue weighted by Gasteiger charge is -2.32. The molecular weight excluding hydrogens is 414 g/mol. The first-order valence-corrected chi connectivity index (χ1v) is 10.1. The van der Waals surface area contributed by atoms with Crippen molar-refractivity contribution in [3.05, 3.63) is 80.5 Å². The van der Waals surface area contributed by atoms with Crippen LogP contribution < -0.4 is 15.6 Å². The minimum atomic E-state index is -0.622.